The summed E-state index contributed by atoms with van der Waals surface area (Å²) in [7, 11) is 0. The van der Waals surface area contributed by atoms with Gasteiger partial charge < -0.3 is 0 Å². The fraction of sp³-hybridized carbons (Fsp3) is 0.667. The van der Waals surface area contributed by atoms with Crippen molar-refractivity contribution >= 4 is 0 Å². The number of hydrogen-bond donors (Lipinski definition) is 0. The first-order chi connectivity index (χ1) is 5.74. The lowest BCUT2D eigenvalue weighted by Crippen LogP contribution is -1.95. The maximum atomic E-state index is 2.47. The Hall–Kier alpha value is -0.520. The van der Waals surface area contributed by atoms with Crippen LogP contribution in [0, 0.1) is 5.92 Å². The third kappa shape index (κ3) is 1.48. The normalized spacial score (nSPS) is 23.3. The Morgan fingerprint density at radius 2 is 1.83 bits per heavy atom. The fourth-order valence-corrected chi connectivity index (χ4v) is 2.23. The van der Waals surface area contributed by atoms with Gasteiger partial charge in [0.2, 0.25) is 0 Å². The van der Waals surface area contributed by atoms with E-state index >= 15 is 0 Å². The first kappa shape index (κ1) is 9.57. The van der Waals surface area contributed by atoms with E-state index in [1.54, 1.807) is 16.7 Å². The van der Waals surface area contributed by atoms with Crippen molar-refractivity contribution in [3.8, 4) is 0 Å². The number of rotatable bonds is 3. The van der Waals surface area contributed by atoms with Crippen LogP contribution in [0.3, 0.4) is 0 Å². The minimum absolute atomic E-state index is 0.755. The van der Waals surface area contributed by atoms with Gasteiger partial charge in [0, 0.05) is 0 Å². The maximum absolute atomic E-state index is 2.47. The van der Waals surface area contributed by atoms with Gasteiger partial charge in [-0.25, -0.2) is 0 Å². The van der Waals surface area contributed by atoms with Crippen molar-refractivity contribution in [3.63, 3.8) is 0 Å². The van der Waals surface area contributed by atoms with Crippen molar-refractivity contribution in [2.45, 2.75) is 47.0 Å². The predicted molar refractivity (Wildman–Crippen MR) is 55.1 cm³/mol. The second kappa shape index (κ2) is 3.93. The van der Waals surface area contributed by atoms with Gasteiger partial charge in [-0.1, -0.05) is 32.4 Å². The van der Waals surface area contributed by atoms with Gasteiger partial charge in [-0.3, -0.25) is 0 Å². The van der Waals surface area contributed by atoms with Crippen LogP contribution in [-0.4, -0.2) is 0 Å². The molecule has 0 aliphatic heterocycles. The highest BCUT2D eigenvalue weighted by Gasteiger charge is 2.19. The molecule has 0 radical (unpaired) electrons. The van der Waals surface area contributed by atoms with Crippen LogP contribution in [0.15, 0.2) is 22.8 Å². The summed E-state index contributed by atoms with van der Waals surface area (Å²) in [5.41, 5.74) is 4.83. The maximum Gasteiger partial charge on any atom is -0.00143 e. The third-order valence-corrected chi connectivity index (χ3v) is 3.01. The van der Waals surface area contributed by atoms with Crippen LogP contribution >= 0.6 is 0 Å². The lowest BCUT2D eigenvalue weighted by atomic mass is 9.96. The van der Waals surface area contributed by atoms with Crippen molar-refractivity contribution in [1.82, 2.24) is 0 Å². The molecule has 0 amide bonds. The average molecular weight is 164 g/mol. The van der Waals surface area contributed by atoms with Crippen LogP contribution in [-0.2, 0) is 0 Å². The molecule has 68 valence electrons. The highest BCUT2D eigenvalue weighted by molar-refractivity contribution is 5.43. The quantitative estimate of drug-likeness (QED) is 0.589. The molecule has 1 rings (SSSR count). The lowest BCUT2D eigenvalue weighted by Gasteiger charge is -2.09. The van der Waals surface area contributed by atoms with E-state index in [4.69, 9.17) is 0 Å². The third-order valence-electron chi connectivity index (χ3n) is 3.01. The Kier molecular flexibility index (Phi) is 3.13. The van der Waals surface area contributed by atoms with Gasteiger partial charge in [-0.05, 0) is 43.3 Å². The summed E-state index contributed by atoms with van der Waals surface area (Å²) in [4.78, 5) is 0. The Bertz CT molecular complexity index is 218. The minimum atomic E-state index is 0.755. The van der Waals surface area contributed by atoms with Crippen molar-refractivity contribution in [2.24, 2.45) is 5.92 Å². The topological polar surface area (TPSA) is 0 Å². The van der Waals surface area contributed by atoms with Crippen LogP contribution in [0.1, 0.15) is 47.0 Å². The molecule has 0 aromatic rings. The number of allylic oxidation sites excluding steroid dienone is 4. The molecule has 0 heteroatoms. The highest BCUT2D eigenvalue weighted by atomic mass is 14.2. The second-order valence-electron chi connectivity index (χ2n) is 3.56. The van der Waals surface area contributed by atoms with E-state index in [0.717, 1.165) is 5.92 Å². The zero-order valence-electron chi connectivity index (χ0n) is 8.78. The van der Waals surface area contributed by atoms with Gasteiger partial charge in [0.05, 0.1) is 0 Å². The SMILES string of the molecule is CCC1=CC(CC)C(CC)=C1C. The molecular formula is C12H20. The minimum Gasteiger partial charge on any atom is -0.0739 e. The van der Waals surface area contributed by atoms with Crippen LogP contribution in [0.2, 0.25) is 0 Å². The van der Waals surface area contributed by atoms with E-state index < -0.39 is 0 Å². The molecule has 0 saturated heterocycles. The standard InChI is InChI=1S/C12H20/c1-5-10-8-11(6-2)12(7-3)9(10)4/h8,11H,5-7H2,1-4H3. The predicted octanol–water partition coefficient (Wildman–Crippen LogP) is 4.09. The van der Waals surface area contributed by atoms with Crippen LogP contribution in [0.4, 0.5) is 0 Å². The highest BCUT2D eigenvalue weighted by Crippen LogP contribution is 2.35. The summed E-state index contributed by atoms with van der Waals surface area (Å²) in [5.74, 6) is 0.755. The van der Waals surface area contributed by atoms with Gasteiger partial charge >= 0.3 is 0 Å². The molecule has 0 nitrogen and oxygen atoms in total. The molecule has 0 saturated carbocycles. The molecule has 0 spiro atoms. The molecule has 0 aromatic heterocycles. The van der Waals surface area contributed by atoms with Gasteiger partial charge in [0.1, 0.15) is 0 Å². The summed E-state index contributed by atoms with van der Waals surface area (Å²) < 4.78 is 0. The van der Waals surface area contributed by atoms with Crippen LogP contribution in [0.5, 0.6) is 0 Å². The van der Waals surface area contributed by atoms with Gasteiger partial charge in [0.25, 0.3) is 0 Å². The van der Waals surface area contributed by atoms with E-state index in [2.05, 4.69) is 33.8 Å². The molecule has 1 aliphatic rings. The molecule has 12 heavy (non-hydrogen) atoms. The average Bonchev–Trinajstić information content (AvgIpc) is 2.41. The van der Waals surface area contributed by atoms with Gasteiger partial charge in [-0.15, -0.1) is 0 Å². The fourth-order valence-electron chi connectivity index (χ4n) is 2.23. The van der Waals surface area contributed by atoms with Crippen molar-refractivity contribution in [2.75, 3.05) is 0 Å². The van der Waals surface area contributed by atoms with E-state index in [0.29, 0.717) is 0 Å². The smallest absolute Gasteiger partial charge is 0.00143 e. The Morgan fingerprint density at radius 3 is 2.17 bits per heavy atom. The van der Waals surface area contributed by atoms with E-state index in [9.17, 15) is 0 Å². The molecular weight excluding hydrogens is 144 g/mol. The van der Waals surface area contributed by atoms with Crippen molar-refractivity contribution < 1.29 is 0 Å². The van der Waals surface area contributed by atoms with Crippen LogP contribution in [0.25, 0.3) is 0 Å². The zero-order valence-corrected chi connectivity index (χ0v) is 8.78. The second-order valence-corrected chi connectivity index (χ2v) is 3.56. The van der Waals surface area contributed by atoms with Gasteiger partial charge in [0.15, 0.2) is 0 Å². The summed E-state index contributed by atoms with van der Waals surface area (Å²) in [6.07, 6.45) is 6.16. The first-order valence-electron chi connectivity index (χ1n) is 5.15. The molecule has 0 aromatic carbocycles. The largest absolute Gasteiger partial charge is 0.0739 e. The lowest BCUT2D eigenvalue weighted by molar-refractivity contribution is 0.706. The molecule has 1 unspecified atom stereocenters. The molecule has 0 heterocycles. The summed E-state index contributed by atoms with van der Waals surface area (Å²) in [5, 5.41) is 0. The Labute approximate surface area is 76.4 Å². The van der Waals surface area contributed by atoms with E-state index in [1.807, 2.05) is 0 Å². The summed E-state index contributed by atoms with van der Waals surface area (Å²) in [6, 6.07) is 0. The summed E-state index contributed by atoms with van der Waals surface area (Å²) >= 11 is 0. The molecule has 1 aliphatic carbocycles. The molecule has 0 N–H and O–H groups in total. The van der Waals surface area contributed by atoms with Crippen molar-refractivity contribution in [1.29, 1.82) is 0 Å². The Balaban J connectivity index is 2.90. The van der Waals surface area contributed by atoms with E-state index in [1.165, 1.54) is 19.3 Å². The molecule has 0 fully saturated rings. The van der Waals surface area contributed by atoms with Crippen LogP contribution < -0.4 is 0 Å². The zero-order chi connectivity index (χ0) is 9.14. The number of hydrogen-bond acceptors (Lipinski definition) is 0. The van der Waals surface area contributed by atoms with E-state index in [-0.39, 0.29) is 0 Å². The first-order valence-corrected chi connectivity index (χ1v) is 5.15. The van der Waals surface area contributed by atoms with Crippen molar-refractivity contribution in [3.05, 3.63) is 22.8 Å². The summed E-state index contributed by atoms with van der Waals surface area (Å²) in [6.45, 7) is 9.08. The molecule has 1 atom stereocenters. The molecule has 0 bridgehead atoms. The van der Waals surface area contributed by atoms with Gasteiger partial charge in [-0.2, -0.15) is 0 Å². The monoisotopic (exact) mass is 164 g/mol. The Morgan fingerprint density at radius 1 is 1.17 bits per heavy atom.